The van der Waals surface area contributed by atoms with Crippen molar-refractivity contribution in [3.05, 3.63) is 29.3 Å². The van der Waals surface area contributed by atoms with E-state index in [1.807, 2.05) is 18.2 Å². The summed E-state index contributed by atoms with van der Waals surface area (Å²) in [6.45, 7) is 2.65. The minimum absolute atomic E-state index is 0.675. The van der Waals surface area contributed by atoms with Crippen LogP contribution in [0.25, 0.3) is 0 Å². The molecule has 15 heavy (non-hydrogen) atoms. The molecule has 3 heteroatoms. The summed E-state index contributed by atoms with van der Waals surface area (Å²) in [7, 11) is 0. The number of fused-ring (bicyclic) bond motifs is 1. The van der Waals surface area contributed by atoms with Gasteiger partial charge in [-0.15, -0.1) is 0 Å². The lowest BCUT2D eigenvalue weighted by molar-refractivity contribution is 0.112. The lowest BCUT2D eigenvalue weighted by Crippen LogP contribution is -2.33. The summed E-state index contributed by atoms with van der Waals surface area (Å²) in [5, 5.41) is 0. The number of hydrogen-bond donors (Lipinski definition) is 1. The molecular weight excluding hydrogens is 188 g/mol. The SMILES string of the molecule is NCCN1CCCc2cc(C=O)ccc21. The van der Waals surface area contributed by atoms with Crippen molar-refractivity contribution >= 4 is 12.0 Å². The normalized spacial score (nSPS) is 14.9. The number of carbonyl (C=O) groups excluding carboxylic acids is 1. The highest BCUT2D eigenvalue weighted by Gasteiger charge is 2.15. The first kappa shape index (κ1) is 10.2. The van der Waals surface area contributed by atoms with Gasteiger partial charge in [0.2, 0.25) is 0 Å². The number of carbonyl (C=O) groups is 1. The second kappa shape index (κ2) is 4.45. The molecule has 2 N–H and O–H groups in total. The molecule has 3 nitrogen and oxygen atoms in total. The summed E-state index contributed by atoms with van der Waals surface area (Å²) in [5.74, 6) is 0. The topological polar surface area (TPSA) is 46.3 Å². The Morgan fingerprint density at radius 3 is 3.07 bits per heavy atom. The molecule has 80 valence electrons. The van der Waals surface area contributed by atoms with E-state index in [1.165, 1.54) is 11.3 Å². The minimum atomic E-state index is 0.675. The Balaban J connectivity index is 2.31. The van der Waals surface area contributed by atoms with E-state index in [4.69, 9.17) is 5.73 Å². The molecule has 0 saturated carbocycles. The van der Waals surface area contributed by atoms with Crippen LogP contribution in [-0.4, -0.2) is 25.9 Å². The highest BCUT2D eigenvalue weighted by molar-refractivity contribution is 5.77. The Morgan fingerprint density at radius 1 is 1.47 bits per heavy atom. The number of benzene rings is 1. The van der Waals surface area contributed by atoms with Crippen LogP contribution in [-0.2, 0) is 6.42 Å². The Bertz CT molecular complexity index is 363. The Hall–Kier alpha value is -1.35. The number of hydrogen-bond acceptors (Lipinski definition) is 3. The van der Waals surface area contributed by atoms with E-state index in [2.05, 4.69) is 4.90 Å². The van der Waals surface area contributed by atoms with E-state index in [1.54, 1.807) is 0 Å². The molecule has 0 spiro atoms. The highest BCUT2D eigenvalue weighted by atomic mass is 16.1. The molecule has 1 heterocycles. The van der Waals surface area contributed by atoms with E-state index in [0.717, 1.165) is 37.8 Å². The maximum Gasteiger partial charge on any atom is 0.150 e. The van der Waals surface area contributed by atoms with Crippen molar-refractivity contribution in [2.75, 3.05) is 24.5 Å². The Kier molecular flexibility index (Phi) is 3.02. The Morgan fingerprint density at radius 2 is 2.33 bits per heavy atom. The summed E-state index contributed by atoms with van der Waals surface area (Å²) in [4.78, 5) is 13.0. The van der Waals surface area contributed by atoms with Crippen LogP contribution in [0.1, 0.15) is 22.3 Å². The van der Waals surface area contributed by atoms with Gasteiger partial charge < -0.3 is 10.6 Å². The van der Waals surface area contributed by atoms with Crippen LogP contribution in [0.3, 0.4) is 0 Å². The number of rotatable bonds is 3. The molecule has 0 aliphatic carbocycles. The largest absolute Gasteiger partial charge is 0.370 e. The first-order chi connectivity index (χ1) is 7.35. The van der Waals surface area contributed by atoms with Gasteiger partial charge in [-0.25, -0.2) is 0 Å². The quantitative estimate of drug-likeness (QED) is 0.753. The smallest absolute Gasteiger partial charge is 0.150 e. The lowest BCUT2D eigenvalue weighted by Gasteiger charge is -2.31. The average molecular weight is 204 g/mol. The molecule has 0 atom stereocenters. The van der Waals surface area contributed by atoms with E-state index in [-0.39, 0.29) is 0 Å². The van der Waals surface area contributed by atoms with E-state index in [9.17, 15) is 4.79 Å². The number of nitrogens with zero attached hydrogens (tertiary/aromatic N) is 1. The van der Waals surface area contributed by atoms with Gasteiger partial charge in [-0.05, 0) is 36.6 Å². The summed E-state index contributed by atoms with van der Waals surface area (Å²) in [6, 6.07) is 5.90. The van der Waals surface area contributed by atoms with Crippen LogP contribution in [0.4, 0.5) is 5.69 Å². The first-order valence-corrected chi connectivity index (χ1v) is 5.38. The predicted molar refractivity (Wildman–Crippen MR) is 61.4 cm³/mol. The maximum absolute atomic E-state index is 10.7. The summed E-state index contributed by atoms with van der Waals surface area (Å²) >= 11 is 0. The van der Waals surface area contributed by atoms with Crippen molar-refractivity contribution in [1.82, 2.24) is 0 Å². The van der Waals surface area contributed by atoms with Crippen LogP contribution >= 0.6 is 0 Å². The fraction of sp³-hybridized carbons (Fsp3) is 0.417. The molecule has 0 unspecified atom stereocenters. The molecule has 1 aliphatic rings. The average Bonchev–Trinajstić information content (AvgIpc) is 2.29. The van der Waals surface area contributed by atoms with Crippen molar-refractivity contribution in [3.8, 4) is 0 Å². The van der Waals surface area contributed by atoms with Gasteiger partial charge in [-0.3, -0.25) is 4.79 Å². The van der Waals surface area contributed by atoms with Crippen molar-refractivity contribution in [2.24, 2.45) is 5.73 Å². The van der Waals surface area contributed by atoms with Gasteiger partial charge in [-0.1, -0.05) is 0 Å². The molecule has 1 aromatic rings. The van der Waals surface area contributed by atoms with Crippen molar-refractivity contribution < 1.29 is 4.79 Å². The Labute approximate surface area is 89.9 Å². The van der Waals surface area contributed by atoms with Gasteiger partial charge in [-0.2, -0.15) is 0 Å². The van der Waals surface area contributed by atoms with Crippen molar-refractivity contribution in [1.29, 1.82) is 0 Å². The second-order valence-electron chi connectivity index (χ2n) is 3.89. The fourth-order valence-electron chi connectivity index (χ4n) is 2.16. The molecule has 1 aliphatic heterocycles. The van der Waals surface area contributed by atoms with E-state index < -0.39 is 0 Å². The van der Waals surface area contributed by atoms with Gasteiger partial charge in [0.25, 0.3) is 0 Å². The van der Waals surface area contributed by atoms with E-state index in [0.29, 0.717) is 6.54 Å². The van der Waals surface area contributed by atoms with Gasteiger partial charge in [0.15, 0.2) is 0 Å². The minimum Gasteiger partial charge on any atom is -0.370 e. The van der Waals surface area contributed by atoms with Crippen LogP contribution in [0, 0.1) is 0 Å². The van der Waals surface area contributed by atoms with Crippen molar-refractivity contribution in [3.63, 3.8) is 0 Å². The van der Waals surface area contributed by atoms with Gasteiger partial charge >= 0.3 is 0 Å². The molecule has 0 amide bonds. The zero-order valence-electron chi connectivity index (χ0n) is 8.78. The second-order valence-corrected chi connectivity index (χ2v) is 3.89. The van der Waals surface area contributed by atoms with Crippen LogP contribution in [0.2, 0.25) is 0 Å². The summed E-state index contributed by atoms with van der Waals surface area (Å²) in [5.41, 5.74) is 8.87. The highest BCUT2D eigenvalue weighted by Crippen LogP contribution is 2.27. The fourth-order valence-corrected chi connectivity index (χ4v) is 2.16. The predicted octanol–water partition coefficient (Wildman–Crippen LogP) is 1.21. The molecular formula is C12H16N2O. The monoisotopic (exact) mass is 204 g/mol. The third kappa shape index (κ3) is 2.02. The van der Waals surface area contributed by atoms with Crippen LogP contribution < -0.4 is 10.6 Å². The van der Waals surface area contributed by atoms with Gasteiger partial charge in [0.1, 0.15) is 6.29 Å². The molecule has 2 rings (SSSR count). The third-order valence-corrected chi connectivity index (χ3v) is 2.85. The molecule has 0 aromatic heterocycles. The molecule has 1 aromatic carbocycles. The third-order valence-electron chi connectivity index (χ3n) is 2.85. The lowest BCUT2D eigenvalue weighted by atomic mass is 9.99. The number of nitrogens with two attached hydrogens (primary N) is 1. The van der Waals surface area contributed by atoms with Crippen LogP contribution in [0.5, 0.6) is 0 Å². The first-order valence-electron chi connectivity index (χ1n) is 5.38. The summed E-state index contributed by atoms with van der Waals surface area (Å²) in [6.07, 6.45) is 3.12. The number of anilines is 1. The zero-order valence-corrected chi connectivity index (χ0v) is 8.78. The standard InChI is InChI=1S/C12H16N2O/c13-5-7-14-6-1-2-11-8-10(9-15)3-4-12(11)14/h3-4,8-9H,1-2,5-7,13H2. The molecule has 0 bridgehead atoms. The molecule has 0 fully saturated rings. The van der Waals surface area contributed by atoms with Crippen LogP contribution in [0.15, 0.2) is 18.2 Å². The van der Waals surface area contributed by atoms with Gasteiger partial charge in [0.05, 0.1) is 0 Å². The zero-order chi connectivity index (χ0) is 10.7. The summed E-state index contributed by atoms with van der Waals surface area (Å²) < 4.78 is 0. The maximum atomic E-state index is 10.7. The van der Waals surface area contributed by atoms with Gasteiger partial charge in [0, 0.05) is 30.9 Å². The van der Waals surface area contributed by atoms with Crippen molar-refractivity contribution in [2.45, 2.75) is 12.8 Å². The number of aryl methyl sites for hydroxylation is 1. The van der Waals surface area contributed by atoms with E-state index >= 15 is 0 Å². The molecule has 0 radical (unpaired) electrons. The molecule has 0 saturated heterocycles. The number of aldehydes is 1.